The van der Waals surface area contributed by atoms with E-state index in [4.69, 9.17) is 14.6 Å². The first-order valence-electron chi connectivity index (χ1n) is 13.1. The molecule has 0 spiro atoms. The number of ether oxygens (including phenoxy) is 2. The average Bonchev–Trinajstić information content (AvgIpc) is 3.30. The molecular formula is C31H32N4O4S. The number of nitrogens with zero attached hydrogens (tertiary/aromatic N) is 3. The molecule has 1 atom stereocenters. The number of anilines is 1. The second kappa shape index (κ2) is 12.4. The van der Waals surface area contributed by atoms with Crippen LogP contribution in [0.1, 0.15) is 21.9 Å². The van der Waals surface area contributed by atoms with Gasteiger partial charge in [-0.3, -0.25) is 14.5 Å². The molecule has 0 fully saturated rings. The number of amides is 2. The number of para-hydroxylation sites is 2. The molecule has 0 aliphatic carbocycles. The van der Waals surface area contributed by atoms with Crippen molar-refractivity contribution in [2.45, 2.75) is 12.2 Å². The van der Waals surface area contributed by atoms with Crippen LogP contribution in [0.25, 0.3) is 16.9 Å². The Morgan fingerprint density at radius 1 is 1.02 bits per heavy atom. The lowest BCUT2D eigenvalue weighted by molar-refractivity contribution is -0.123. The van der Waals surface area contributed by atoms with Crippen LogP contribution in [-0.2, 0) is 14.3 Å². The molecule has 0 radical (unpaired) electrons. The second-order valence-electron chi connectivity index (χ2n) is 9.41. The summed E-state index contributed by atoms with van der Waals surface area (Å²) in [6, 6.07) is 25.7. The highest BCUT2D eigenvalue weighted by Crippen LogP contribution is 2.50. The van der Waals surface area contributed by atoms with Gasteiger partial charge in [-0.15, -0.1) is 11.8 Å². The molecule has 1 aromatic heterocycles. The Morgan fingerprint density at radius 2 is 1.75 bits per heavy atom. The molecule has 2 amide bonds. The molecule has 206 valence electrons. The van der Waals surface area contributed by atoms with Crippen LogP contribution >= 0.6 is 11.8 Å². The topological polar surface area (TPSA) is 85.7 Å². The molecule has 40 heavy (non-hydrogen) atoms. The number of benzene rings is 3. The second-order valence-corrected chi connectivity index (χ2v) is 10.5. The van der Waals surface area contributed by atoms with Gasteiger partial charge in [0.05, 0.1) is 36.1 Å². The summed E-state index contributed by atoms with van der Waals surface area (Å²) in [7, 11) is 3.23. The third kappa shape index (κ3) is 5.48. The van der Waals surface area contributed by atoms with Crippen molar-refractivity contribution in [3.8, 4) is 22.7 Å². The number of hydrogen-bond donors (Lipinski definition) is 1. The monoisotopic (exact) mass is 556 g/mol. The maximum atomic E-state index is 13.8. The van der Waals surface area contributed by atoms with Gasteiger partial charge in [0, 0.05) is 30.3 Å². The predicted octanol–water partition coefficient (Wildman–Crippen LogP) is 4.79. The van der Waals surface area contributed by atoms with Gasteiger partial charge >= 0.3 is 0 Å². The van der Waals surface area contributed by atoms with Crippen molar-refractivity contribution in [2.24, 2.45) is 0 Å². The maximum absolute atomic E-state index is 13.8. The smallest absolute Gasteiger partial charge is 0.240 e. The lowest BCUT2D eigenvalue weighted by Gasteiger charge is -2.24. The van der Waals surface area contributed by atoms with Gasteiger partial charge in [-0.1, -0.05) is 66.7 Å². The highest BCUT2D eigenvalue weighted by Gasteiger charge is 2.38. The van der Waals surface area contributed by atoms with Crippen LogP contribution in [0.5, 0.6) is 5.75 Å². The molecule has 9 heteroatoms. The molecule has 2 heterocycles. The van der Waals surface area contributed by atoms with E-state index < -0.39 is 0 Å². The van der Waals surface area contributed by atoms with Crippen molar-refractivity contribution < 1.29 is 19.1 Å². The van der Waals surface area contributed by atoms with Crippen LogP contribution in [0.4, 0.5) is 5.82 Å². The van der Waals surface area contributed by atoms with Gasteiger partial charge < -0.3 is 14.8 Å². The summed E-state index contributed by atoms with van der Waals surface area (Å²) >= 11 is 1.52. The van der Waals surface area contributed by atoms with E-state index in [9.17, 15) is 9.59 Å². The van der Waals surface area contributed by atoms with Gasteiger partial charge in [-0.2, -0.15) is 5.10 Å². The number of methoxy groups -OCH3 is 2. The van der Waals surface area contributed by atoms with E-state index >= 15 is 0 Å². The number of carbonyl (C=O) groups excluding carboxylic acids is 2. The van der Waals surface area contributed by atoms with Gasteiger partial charge in [0.1, 0.15) is 18.1 Å². The van der Waals surface area contributed by atoms with Crippen molar-refractivity contribution >= 4 is 29.4 Å². The summed E-state index contributed by atoms with van der Waals surface area (Å²) in [5.74, 6) is 1.06. The lowest BCUT2D eigenvalue weighted by atomic mass is 9.99. The van der Waals surface area contributed by atoms with Crippen molar-refractivity contribution in [1.29, 1.82) is 0 Å². The zero-order chi connectivity index (χ0) is 28.1. The van der Waals surface area contributed by atoms with E-state index in [0.717, 1.165) is 39.4 Å². The fraction of sp³-hybridized carbons (Fsp3) is 0.258. The minimum Gasteiger partial charge on any atom is -0.496 e. The highest BCUT2D eigenvalue weighted by molar-refractivity contribution is 8.00. The van der Waals surface area contributed by atoms with Crippen molar-refractivity contribution in [1.82, 2.24) is 15.1 Å². The maximum Gasteiger partial charge on any atom is 0.240 e. The SMILES string of the molecule is COCCNC(=O)CN1C(=O)CSC(c2ccccc2OC)c2c(-c3ccccc3)nn(-c3ccccc3C)c21. The third-order valence-corrected chi connectivity index (χ3v) is 8.07. The molecule has 1 unspecified atom stereocenters. The number of fused-ring (bicyclic) bond motifs is 1. The van der Waals surface area contributed by atoms with Crippen LogP contribution in [0.3, 0.4) is 0 Å². The first-order chi connectivity index (χ1) is 19.5. The summed E-state index contributed by atoms with van der Waals surface area (Å²) in [6.45, 7) is 2.62. The first-order valence-corrected chi connectivity index (χ1v) is 14.1. The minimum absolute atomic E-state index is 0.138. The normalized spacial score (nSPS) is 14.9. The van der Waals surface area contributed by atoms with Gasteiger partial charge in [0.2, 0.25) is 11.8 Å². The van der Waals surface area contributed by atoms with Gasteiger partial charge in [-0.25, -0.2) is 4.68 Å². The van der Waals surface area contributed by atoms with Gasteiger partial charge in [-0.05, 0) is 24.6 Å². The lowest BCUT2D eigenvalue weighted by Crippen LogP contribution is -2.43. The average molecular weight is 557 g/mol. The van der Waals surface area contributed by atoms with E-state index in [1.54, 1.807) is 19.1 Å². The van der Waals surface area contributed by atoms with E-state index in [-0.39, 0.29) is 29.4 Å². The van der Waals surface area contributed by atoms with Gasteiger partial charge in [0.15, 0.2) is 0 Å². The highest BCUT2D eigenvalue weighted by atomic mass is 32.2. The van der Waals surface area contributed by atoms with Crippen molar-refractivity contribution in [3.63, 3.8) is 0 Å². The van der Waals surface area contributed by atoms with E-state index in [1.165, 1.54) is 11.8 Å². The van der Waals surface area contributed by atoms with Crippen LogP contribution in [0, 0.1) is 6.92 Å². The number of thioether (sulfide) groups is 1. The molecule has 0 saturated carbocycles. The Hall–Kier alpha value is -4.08. The number of rotatable bonds is 9. The summed E-state index contributed by atoms with van der Waals surface area (Å²) in [6.07, 6.45) is 0. The minimum atomic E-state index is -0.273. The molecule has 3 aromatic carbocycles. The Bertz CT molecular complexity index is 1500. The third-order valence-electron chi connectivity index (χ3n) is 6.83. The molecule has 5 rings (SSSR count). The zero-order valence-electron chi connectivity index (χ0n) is 22.8. The number of aromatic nitrogens is 2. The summed E-state index contributed by atoms with van der Waals surface area (Å²) in [5, 5.41) is 7.74. The van der Waals surface area contributed by atoms with Crippen LogP contribution in [0.2, 0.25) is 0 Å². The molecule has 0 bridgehead atoms. The Morgan fingerprint density at radius 3 is 2.50 bits per heavy atom. The van der Waals surface area contributed by atoms with Crippen LogP contribution in [0.15, 0.2) is 78.9 Å². The van der Waals surface area contributed by atoms with Crippen LogP contribution in [-0.4, -0.2) is 61.3 Å². The summed E-state index contributed by atoms with van der Waals surface area (Å²) in [4.78, 5) is 28.5. The number of hydrogen-bond acceptors (Lipinski definition) is 6. The quantitative estimate of drug-likeness (QED) is 0.299. The van der Waals surface area contributed by atoms with Crippen LogP contribution < -0.4 is 15.0 Å². The molecule has 4 aromatic rings. The molecule has 0 saturated heterocycles. The first kappa shape index (κ1) is 27.5. The van der Waals surface area contributed by atoms with E-state index in [0.29, 0.717) is 19.0 Å². The Labute approximate surface area is 238 Å². The summed E-state index contributed by atoms with van der Waals surface area (Å²) < 4.78 is 12.7. The molecule has 1 aliphatic heterocycles. The molecule has 1 N–H and O–H groups in total. The van der Waals surface area contributed by atoms with E-state index in [2.05, 4.69) is 5.32 Å². The van der Waals surface area contributed by atoms with Crippen molar-refractivity contribution in [3.05, 3.63) is 95.6 Å². The molecule has 1 aliphatic rings. The molecule has 8 nitrogen and oxygen atoms in total. The van der Waals surface area contributed by atoms with Crippen molar-refractivity contribution in [2.75, 3.05) is 44.6 Å². The number of aryl methyl sites for hydroxylation is 1. The molecular weight excluding hydrogens is 524 g/mol. The largest absolute Gasteiger partial charge is 0.496 e. The Kier molecular flexibility index (Phi) is 8.52. The fourth-order valence-corrected chi connectivity index (χ4v) is 6.14. The standard InChI is InChI=1S/C31H32N4O4S/c1-21-11-7-9-15-24(21)35-31-28(29(33-35)22-12-5-4-6-13-22)30(23-14-8-10-16-25(23)39-3)40-20-27(37)34(31)19-26(36)32-17-18-38-2/h4-16,30H,17-20H2,1-3H3,(H,32,36). The fourth-order valence-electron chi connectivity index (χ4n) is 4.92. The zero-order valence-corrected chi connectivity index (χ0v) is 23.6. The number of carbonyl (C=O) groups is 2. The number of nitrogens with one attached hydrogen (secondary N) is 1. The Balaban J connectivity index is 1.78. The van der Waals surface area contributed by atoms with E-state index in [1.807, 2.05) is 90.5 Å². The summed E-state index contributed by atoms with van der Waals surface area (Å²) in [5.41, 5.74) is 5.31. The predicted molar refractivity (Wildman–Crippen MR) is 158 cm³/mol. The van der Waals surface area contributed by atoms with Gasteiger partial charge in [0.25, 0.3) is 0 Å².